The molecule has 2 aromatic rings. The molecule has 0 aliphatic heterocycles. The first-order valence-corrected chi connectivity index (χ1v) is 7.37. The number of nitrogens with one attached hydrogen (secondary N) is 2. The van der Waals surface area contributed by atoms with E-state index < -0.39 is 6.04 Å². The van der Waals surface area contributed by atoms with Crippen LogP contribution in [0.2, 0.25) is 0 Å². The number of H-pyrrole nitrogens is 1. The van der Waals surface area contributed by atoms with Gasteiger partial charge in [0.05, 0.1) is 12.5 Å². The van der Waals surface area contributed by atoms with Crippen molar-refractivity contribution in [3.05, 3.63) is 36.0 Å². The molecule has 1 heterocycles. The zero-order valence-electron chi connectivity index (χ0n) is 12.8. The van der Waals surface area contributed by atoms with Crippen LogP contribution in [0.5, 0.6) is 0 Å². The van der Waals surface area contributed by atoms with Crippen molar-refractivity contribution >= 4 is 22.6 Å². The summed E-state index contributed by atoms with van der Waals surface area (Å²) in [6, 6.07) is 7.49. The summed E-state index contributed by atoms with van der Waals surface area (Å²) in [6.07, 6.45) is 3.00. The molecular formula is C17H22N2O2. The van der Waals surface area contributed by atoms with Gasteiger partial charge in [0.1, 0.15) is 0 Å². The lowest BCUT2D eigenvalue weighted by Gasteiger charge is -2.21. The average Bonchev–Trinajstić information content (AvgIpc) is 2.87. The number of Topliss-reactive ketones (excluding diaryl/α,β-unsaturated/α-hetero) is 1. The van der Waals surface area contributed by atoms with Crippen LogP contribution in [0.25, 0.3) is 10.9 Å². The van der Waals surface area contributed by atoms with Gasteiger partial charge in [-0.15, -0.1) is 0 Å². The number of aromatic nitrogens is 1. The average molecular weight is 286 g/mol. The van der Waals surface area contributed by atoms with Gasteiger partial charge < -0.3 is 10.3 Å². The summed E-state index contributed by atoms with van der Waals surface area (Å²) in [5, 5.41) is 3.92. The lowest BCUT2D eigenvalue weighted by molar-refractivity contribution is -0.127. The van der Waals surface area contributed by atoms with E-state index in [1.807, 2.05) is 44.3 Å². The Balaban J connectivity index is 2.09. The van der Waals surface area contributed by atoms with Crippen LogP contribution in [0.4, 0.5) is 0 Å². The molecule has 0 saturated carbocycles. The highest BCUT2D eigenvalue weighted by Crippen LogP contribution is 2.18. The SMILES string of the molecule is CC[C@H](C)[C@H](NC(=O)Cc1c[nH]c2ccccc12)C(C)=O. The third-order valence-electron chi connectivity index (χ3n) is 3.99. The Labute approximate surface area is 124 Å². The van der Waals surface area contributed by atoms with E-state index in [0.29, 0.717) is 0 Å². The Bertz CT molecular complexity index is 645. The fourth-order valence-corrected chi connectivity index (χ4v) is 2.56. The minimum atomic E-state index is -0.396. The molecule has 1 aromatic heterocycles. The number of aromatic amines is 1. The van der Waals surface area contributed by atoms with Gasteiger partial charge in [-0.05, 0) is 24.5 Å². The molecule has 2 atom stereocenters. The topological polar surface area (TPSA) is 62.0 Å². The zero-order chi connectivity index (χ0) is 15.4. The van der Waals surface area contributed by atoms with Crippen LogP contribution in [0, 0.1) is 5.92 Å². The zero-order valence-corrected chi connectivity index (χ0v) is 12.8. The van der Waals surface area contributed by atoms with Crippen LogP contribution in [0.3, 0.4) is 0 Å². The maximum atomic E-state index is 12.2. The molecule has 0 bridgehead atoms. The van der Waals surface area contributed by atoms with E-state index in [1.54, 1.807) is 0 Å². The Hall–Kier alpha value is -2.10. The summed E-state index contributed by atoms with van der Waals surface area (Å²) in [6.45, 7) is 5.53. The number of amides is 1. The Morgan fingerprint density at radius 1 is 1.29 bits per heavy atom. The summed E-state index contributed by atoms with van der Waals surface area (Å²) >= 11 is 0. The standard InChI is InChI=1S/C17H22N2O2/c1-4-11(2)17(12(3)20)19-16(21)9-13-10-18-15-8-6-5-7-14(13)15/h5-8,10-11,17-18H,4,9H2,1-3H3,(H,19,21)/t11-,17-/m0/s1. The van der Waals surface area contributed by atoms with Crippen molar-refractivity contribution in [2.24, 2.45) is 5.92 Å². The van der Waals surface area contributed by atoms with E-state index in [0.717, 1.165) is 22.9 Å². The molecule has 0 fully saturated rings. The second kappa shape index (κ2) is 6.57. The number of para-hydroxylation sites is 1. The van der Waals surface area contributed by atoms with Gasteiger partial charge >= 0.3 is 0 Å². The summed E-state index contributed by atoms with van der Waals surface area (Å²) in [5.41, 5.74) is 1.97. The van der Waals surface area contributed by atoms with Gasteiger partial charge in [-0.2, -0.15) is 0 Å². The van der Waals surface area contributed by atoms with Crippen molar-refractivity contribution in [3.63, 3.8) is 0 Å². The van der Waals surface area contributed by atoms with Crippen molar-refractivity contribution in [1.29, 1.82) is 0 Å². The predicted molar refractivity (Wildman–Crippen MR) is 84.1 cm³/mol. The van der Waals surface area contributed by atoms with Crippen LogP contribution in [-0.2, 0) is 16.0 Å². The van der Waals surface area contributed by atoms with Gasteiger partial charge in [-0.1, -0.05) is 38.5 Å². The quantitative estimate of drug-likeness (QED) is 0.857. The molecule has 1 amide bonds. The molecule has 4 heteroatoms. The molecule has 0 aliphatic rings. The number of hydrogen-bond acceptors (Lipinski definition) is 2. The van der Waals surface area contributed by atoms with Crippen molar-refractivity contribution in [2.75, 3.05) is 0 Å². The van der Waals surface area contributed by atoms with Gasteiger partial charge in [-0.3, -0.25) is 9.59 Å². The lowest BCUT2D eigenvalue weighted by Crippen LogP contribution is -2.44. The highest BCUT2D eigenvalue weighted by atomic mass is 16.2. The first-order valence-electron chi connectivity index (χ1n) is 7.37. The Morgan fingerprint density at radius 3 is 2.67 bits per heavy atom. The minimum absolute atomic E-state index is 0.0108. The fraction of sp³-hybridized carbons (Fsp3) is 0.412. The van der Waals surface area contributed by atoms with Crippen LogP contribution in [0.1, 0.15) is 32.8 Å². The van der Waals surface area contributed by atoms with E-state index in [9.17, 15) is 9.59 Å². The van der Waals surface area contributed by atoms with Crippen molar-refractivity contribution in [3.8, 4) is 0 Å². The molecular weight excluding hydrogens is 264 g/mol. The van der Waals surface area contributed by atoms with Gasteiger partial charge in [0.15, 0.2) is 5.78 Å². The molecule has 0 radical (unpaired) electrons. The van der Waals surface area contributed by atoms with Crippen molar-refractivity contribution in [2.45, 2.75) is 39.7 Å². The van der Waals surface area contributed by atoms with E-state index in [4.69, 9.17) is 0 Å². The number of ketones is 1. The maximum absolute atomic E-state index is 12.2. The predicted octanol–water partition coefficient (Wildman–Crippen LogP) is 2.83. The first-order chi connectivity index (χ1) is 10.0. The molecule has 0 unspecified atom stereocenters. The molecule has 112 valence electrons. The number of hydrogen-bond donors (Lipinski definition) is 2. The van der Waals surface area contributed by atoms with E-state index in [1.165, 1.54) is 6.92 Å². The van der Waals surface area contributed by atoms with Crippen LogP contribution < -0.4 is 5.32 Å². The van der Waals surface area contributed by atoms with Crippen LogP contribution >= 0.6 is 0 Å². The van der Waals surface area contributed by atoms with E-state index in [-0.39, 0.29) is 24.0 Å². The molecule has 0 aliphatic carbocycles. The minimum Gasteiger partial charge on any atom is -0.361 e. The molecule has 4 nitrogen and oxygen atoms in total. The van der Waals surface area contributed by atoms with Gasteiger partial charge in [0.2, 0.25) is 5.91 Å². The molecule has 2 N–H and O–H groups in total. The number of carbonyl (C=O) groups is 2. The Morgan fingerprint density at radius 2 is 2.00 bits per heavy atom. The van der Waals surface area contributed by atoms with E-state index in [2.05, 4.69) is 10.3 Å². The summed E-state index contributed by atoms with van der Waals surface area (Å²) in [5.74, 6) is 0.0475. The second-order valence-electron chi connectivity index (χ2n) is 5.58. The Kier molecular flexibility index (Phi) is 4.78. The lowest BCUT2D eigenvalue weighted by atomic mass is 9.96. The van der Waals surface area contributed by atoms with Gasteiger partial charge in [0.25, 0.3) is 0 Å². The third-order valence-corrected chi connectivity index (χ3v) is 3.99. The molecule has 1 aromatic carbocycles. The number of benzene rings is 1. The highest BCUT2D eigenvalue weighted by molar-refractivity contribution is 5.91. The largest absolute Gasteiger partial charge is 0.361 e. The molecule has 21 heavy (non-hydrogen) atoms. The molecule has 0 saturated heterocycles. The normalized spacial score (nSPS) is 13.9. The van der Waals surface area contributed by atoms with Gasteiger partial charge in [-0.25, -0.2) is 0 Å². The van der Waals surface area contributed by atoms with Crippen LogP contribution in [0.15, 0.2) is 30.5 Å². The number of carbonyl (C=O) groups excluding carboxylic acids is 2. The first kappa shape index (κ1) is 15.3. The third kappa shape index (κ3) is 3.51. The number of fused-ring (bicyclic) bond motifs is 1. The van der Waals surface area contributed by atoms with Crippen LogP contribution in [-0.4, -0.2) is 22.7 Å². The van der Waals surface area contributed by atoms with E-state index >= 15 is 0 Å². The highest BCUT2D eigenvalue weighted by Gasteiger charge is 2.22. The molecule has 0 spiro atoms. The second-order valence-corrected chi connectivity index (χ2v) is 5.58. The summed E-state index contributed by atoms with van der Waals surface area (Å²) in [4.78, 5) is 27.0. The maximum Gasteiger partial charge on any atom is 0.225 e. The summed E-state index contributed by atoms with van der Waals surface area (Å²) < 4.78 is 0. The smallest absolute Gasteiger partial charge is 0.225 e. The van der Waals surface area contributed by atoms with Crippen molar-refractivity contribution in [1.82, 2.24) is 10.3 Å². The van der Waals surface area contributed by atoms with Gasteiger partial charge in [0, 0.05) is 17.1 Å². The van der Waals surface area contributed by atoms with Crippen molar-refractivity contribution < 1.29 is 9.59 Å². The fourth-order valence-electron chi connectivity index (χ4n) is 2.56. The number of rotatable bonds is 6. The molecule has 2 rings (SSSR count). The summed E-state index contributed by atoms with van der Waals surface area (Å²) in [7, 11) is 0. The monoisotopic (exact) mass is 286 g/mol.